The Balaban J connectivity index is 1.25. The Morgan fingerprint density at radius 3 is 2.80 bits per heavy atom. The normalized spacial score (nSPS) is 24.8. The number of nitrogens with two attached hydrogens (primary N) is 1. The first-order valence-corrected chi connectivity index (χ1v) is 15.4. The topological polar surface area (TPSA) is 233 Å². The zero-order valence-corrected chi connectivity index (χ0v) is 24.8. The fourth-order valence-electron chi connectivity index (χ4n) is 5.48. The van der Waals surface area contributed by atoms with Crippen molar-refractivity contribution in [2.45, 2.75) is 49.9 Å². The minimum Gasteiger partial charge on any atom is -0.453 e. The molecule has 3 amide bonds. The predicted octanol–water partition coefficient (Wildman–Crippen LogP) is -0.300. The van der Waals surface area contributed by atoms with E-state index in [9.17, 15) is 28.9 Å². The zero-order chi connectivity index (χ0) is 31.1. The van der Waals surface area contributed by atoms with E-state index in [1.54, 1.807) is 6.08 Å². The molecule has 0 aromatic carbocycles. The second-order valence-electron chi connectivity index (χ2n) is 10.3. The number of esters is 1. The third-order valence-corrected chi connectivity index (χ3v) is 9.55. The highest BCUT2D eigenvalue weighted by atomic mass is 32.2. The number of β-lactam (4-membered cyclic amide) rings is 1. The van der Waals surface area contributed by atoms with E-state index in [1.165, 1.54) is 23.6 Å². The number of allylic oxidation sites excluding steroid dienone is 1. The SMILES string of the molecule is Cc1oc(=O)oc1COC(=O)C1=C(C=C2CCN([C@@H]3CCNC3)C2=O)CS[C@@H]2[C@H](NC(=O)C(N=O)c3nsc(N)n3)C(=O)N12. The van der Waals surface area contributed by atoms with Crippen LogP contribution < -0.4 is 22.2 Å². The van der Waals surface area contributed by atoms with Gasteiger partial charge in [0.05, 0.1) is 0 Å². The molecule has 4 atom stereocenters. The Morgan fingerprint density at radius 2 is 2.14 bits per heavy atom. The maximum Gasteiger partial charge on any atom is 0.519 e. The first-order chi connectivity index (χ1) is 21.2. The van der Waals surface area contributed by atoms with E-state index >= 15 is 0 Å². The quantitative estimate of drug-likeness (QED) is 0.137. The van der Waals surface area contributed by atoms with Gasteiger partial charge in [0.2, 0.25) is 11.9 Å². The number of fused-ring (bicyclic) bond motifs is 1. The van der Waals surface area contributed by atoms with Crippen LogP contribution in [-0.4, -0.2) is 85.7 Å². The second kappa shape index (κ2) is 12.0. The van der Waals surface area contributed by atoms with Crippen molar-refractivity contribution < 1.29 is 32.7 Å². The number of carbonyl (C=O) groups is 4. The molecule has 0 saturated carbocycles. The summed E-state index contributed by atoms with van der Waals surface area (Å²) >= 11 is 2.05. The third kappa shape index (κ3) is 5.41. The molecule has 0 radical (unpaired) electrons. The van der Waals surface area contributed by atoms with Crippen LogP contribution in [0.3, 0.4) is 0 Å². The molecule has 6 heterocycles. The van der Waals surface area contributed by atoms with Crippen LogP contribution >= 0.6 is 23.3 Å². The number of aromatic nitrogens is 2. The van der Waals surface area contributed by atoms with Crippen LogP contribution in [-0.2, 0) is 30.5 Å². The number of nitrogens with zero attached hydrogens (tertiary/aromatic N) is 5. The highest BCUT2D eigenvalue weighted by molar-refractivity contribution is 8.00. The van der Waals surface area contributed by atoms with Gasteiger partial charge >= 0.3 is 11.8 Å². The van der Waals surface area contributed by atoms with Gasteiger partial charge < -0.3 is 34.8 Å². The van der Waals surface area contributed by atoms with Crippen LogP contribution in [0.1, 0.15) is 36.2 Å². The summed E-state index contributed by atoms with van der Waals surface area (Å²) in [7, 11) is 0. The highest BCUT2D eigenvalue weighted by Crippen LogP contribution is 2.42. The number of thioether (sulfide) groups is 1. The molecule has 1 unspecified atom stereocenters. The average Bonchev–Trinajstić information content (AvgIpc) is 3.80. The maximum atomic E-state index is 13.5. The van der Waals surface area contributed by atoms with Gasteiger partial charge in [-0.1, -0.05) is 0 Å². The number of ether oxygens (including phenoxy) is 1. The molecule has 6 rings (SSSR count). The molecule has 44 heavy (non-hydrogen) atoms. The molecule has 19 heteroatoms. The van der Waals surface area contributed by atoms with Crippen molar-refractivity contribution in [2.75, 3.05) is 31.1 Å². The molecule has 2 aromatic rings. The van der Waals surface area contributed by atoms with Gasteiger partial charge in [-0.3, -0.25) is 19.3 Å². The summed E-state index contributed by atoms with van der Waals surface area (Å²) < 4.78 is 19.0. The fourth-order valence-corrected chi connectivity index (χ4v) is 7.25. The van der Waals surface area contributed by atoms with Gasteiger partial charge in [0, 0.05) is 42.0 Å². The number of likely N-dealkylation sites (tertiary alicyclic amines) is 1. The number of nitroso groups, excluding NO2 is 1. The van der Waals surface area contributed by atoms with Crippen LogP contribution in [0.5, 0.6) is 0 Å². The molecule has 17 nitrogen and oxygen atoms in total. The minimum absolute atomic E-state index is 0.00106. The number of carbonyl (C=O) groups excluding carboxylic acids is 4. The van der Waals surface area contributed by atoms with E-state index in [0.717, 1.165) is 24.5 Å². The third-order valence-electron chi connectivity index (χ3n) is 7.70. The lowest BCUT2D eigenvalue weighted by Gasteiger charge is -2.49. The molecule has 0 bridgehead atoms. The number of nitrogens with one attached hydrogen (secondary N) is 2. The van der Waals surface area contributed by atoms with Crippen molar-refractivity contribution in [1.82, 2.24) is 29.8 Å². The van der Waals surface area contributed by atoms with Gasteiger partial charge in [0.15, 0.2) is 29.1 Å². The molecule has 0 aliphatic carbocycles. The van der Waals surface area contributed by atoms with Crippen LogP contribution in [0.2, 0.25) is 0 Å². The van der Waals surface area contributed by atoms with Crippen LogP contribution in [0.15, 0.2) is 41.7 Å². The van der Waals surface area contributed by atoms with Crippen LogP contribution in [0, 0.1) is 11.8 Å². The standard InChI is InChI=1S/C25H26N8O9S2/c1-10-14(42-25(38)41-10)8-40-23(37)17-12(6-11-3-5-32(20(11)35)13-2-4-27-7-13)9-43-22-16(21(36)33(17)22)28-19(34)15(30-39)18-29-24(26)44-31-18/h6,13,15-16,22,27H,2-5,7-9H2,1H3,(H,28,34)(H2,26,29,31)/t13-,15?,16-,22-/m1/s1. The van der Waals surface area contributed by atoms with Crippen LogP contribution in [0.4, 0.5) is 5.13 Å². The molecule has 3 saturated heterocycles. The lowest BCUT2D eigenvalue weighted by atomic mass is 10.0. The lowest BCUT2D eigenvalue weighted by Crippen LogP contribution is -2.70. The Labute approximate surface area is 256 Å². The summed E-state index contributed by atoms with van der Waals surface area (Å²) in [4.78, 5) is 82.7. The number of rotatable bonds is 9. The van der Waals surface area contributed by atoms with Crippen molar-refractivity contribution in [3.8, 4) is 0 Å². The molecule has 4 N–H and O–H groups in total. The average molecular weight is 647 g/mol. The predicted molar refractivity (Wildman–Crippen MR) is 152 cm³/mol. The first-order valence-electron chi connectivity index (χ1n) is 13.5. The molecule has 0 spiro atoms. The van der Waals surface area contributed by atoms with Gasteiger partial charge in [-0.25, -0.2) is 14.6 Å². The second-order valence-corrected chi connectivity index (χ2v) is 12.2. The van der Waals surface area contributed by atoms with E-state index in [0.29, 0.717) is 30.7 Å². The molecular weight excluding hydrogens is 620 g/mol. The number of nitrogen functional groups attached to an aromatic ring is 1. The summed E-state index contributed by atoms with van der Waals surface area (Å²) in [6.07, 6.45) is 2.94. The Hall–Kier alpha value is -4.36. The number of aryl methyl sites for hydroxylation is 1. The molecule has 4 aliphatic heterocycles. The van der Waals surface area contributed by atoms with Gasteiger partial charge in [-0.2, -0.15) is 4.37 Å². The highest BCUT2D eigenvalue weighted by Gasteiger charge is 2.55. The molecule has 232 valence electrons. The fraction of sp³-hybridized carbons (Fsp3) is 0.480. The van der Waals surface area contributed by atoms with Gasteiger partial charge in [-0.05, 0) is 43.1 Å². The van der Waals surface area contributed by atoms with Gasteiger partial charge in [-0.15, -0.1) is 16.7 Å². The molecule has 4 aliphatic rings. The Kier molecular flexibility index (Phi) is 8.08. The largest absolute Gasteiger partial charge is 0.519 e. The smallest absolute Gasteiger partial charge is 0.453 e. The van der Waals surface area contributed by atoms with Crippen molar-refractivity contribution in [2.24, 2.45) is 5.18 Å². The first kappa shape index (κ1) is 29.7. The van der Waals surface area contributed by atoms with E-state index in [2.05, 4.69) is 25.2 Å². The van der Waals surface area contributed by atoms with E-state index in [1.807, 2.05) is 4.90 Å². The number of amides is 3. The van der Waals surface area contributed by atoms with Gasteiger partial charge in [0.1, 0.15) is 17.1 Å². The van der Waals surface area contributed by atoms with E-state index in [-0.39, 0.29) is 45.9 Å². The van der Waals surface area contributed by atoms with Crippen molar-refractivity contribution >= 4 is 52.1 Å². The summed E-state index contributed by atoms with van der Waals surface area (Å²) in [5.41, 5.74) is 6.34. The zero-order valence-electron chi connectivity index (χ0n) is 23.1. The van der Waals surface area contributed by atoms with Crippen molar-refractivity contribution in [3.05, 3.63) is 55.8 Å². The summed E-state index contributed by atoms with van der Waals surface area (Å²) in [6.45, 7) is 3.11. The van der Waals surface area contributed by atoms with Crippen LogP contribution in [0.25, 0.3) is 0 Å². The monoisotopic (exact) mass is 646 g/mol. The lowest BCUT2D eigenvalue weighted by molar-refractivity contribution is -0.153. The number of anilines is 1. The Morgan fingerprint density at radius 1 is 1.32 bits per heavy atom. The molecule has 3 fully saturated rings. The van der Waals surface area contributed by atoms with Crippen molar-refractivity contribution in [1.29, 1.82) is 0 Å². The van der Waals surface area contributed by atoms with Gasteiger partial charge in [0.25, 0.3) is 11.8 Å². The maximum absolute atomic E-state index is 13.5. The number of hydrogen-bond donors (Lipinski definition) is 3. The summed E-state index contributed by atoms with van der Waals surface area (Å²) in [5.74, 6) is -3.39. The van der Waals surface area contributed by atoms with E-state index < -0.39 is 47.7 Å². The number of hydrogen-bond acceptors (Lipinski definition) is 16. The minimum atomic E-state index is -1.63. The summed E-state index contributed by atoms with van der Waals surface area (Å²) in [5, 5.41) is 7.86. The van der Waals surface area contributed by atoms with E-state index in [4.69, 9.17) is 19.3 Å². The summed E-state index contributed by atoms with van der Waals surface area (Å²) in [6, 6.07) is -2.64. The molecular formula is C25H26N8O9S2. The Bertz CT molecular complexity index is 1660. The van der Waals surface area contributed by atoms with Crippen molar-refractivity contribution in [3.63, 3.8) is 0 Å². The molecule has 2 aromatic heterocycles.